The first kappa shape index (κ1) is 32.6. The number of urea groups is 1. The molecule has 45 heavy (non-hydrogen) atoms. The van der Waals surface area contributed by atoms with Crippen molar-refractivity contribution in [2.75, 3.05) is 6.54 Å². The summed E-state index contributed by atoms with van der Waals surface area (Å²) in [4.78, 5) is 69.1. The Labute approximate surface area is 267 Å². The molecule has 3 heterocycles. The van der Waals surface area contributed by atoms with E-state index >= 15 is 0 Å². The van der Waals surface area contributed by atoms with Gasteiger partial charge >= 0.3 is 18.1 Å². The lowest BCUT2D eigenvalue weighted by molar-refractivity contribution is -0.145. The summed E-state index contributed by atoms with van der Waals surface area (Å²) in [5.74, 6) is -2.61. The Balaban J connectivity index is 1.37. The highest BCUT2D eigenvalue weighted by molar-refractivity contribution is 6.31. The number of hydrogen-bond acceptors (Lipinski definition) is 6. The minimum atomic E-state index is -1.46. The molecule has 1 saturated heterocycles. The minimum Gasteiger partial charge on any atom is -0.479 e. The van der Waals surface area contributed by atoms with Gasteiger partial charge in [-0.3, -0.25) is 14.5 Å². The number of amides is 5. The summed E-state index contributed by atoms with van der Waals surface area (Å²) in [6.07, 6.45) is 5.99. The van der Waals surface area contributed by atoms with Gasteiger partial charge in [0.05, 0.1) is 13.1 Å². The zero-order chi connectivity index (χ0) is 32.5. The molecule has 1 saturated carbocycles. The third-order valence-corrected chi connectivity index (χ3v) is 9.22. The van der Waals surface area contributed by atoms with Crippen LogP contribution < -0.4 is 16.0 Å². The summed E-state index contributed by atoms with van der Waals surface area (Å²) < 4.78 is 5.84. The third kappa shape index (κ3) is 7.37. The molecule has 0 bridgehead atoms. The first-order valence-corrected chi connectivity index (χ1v) is 16.0. The van der Waals surface area contributed by atoms with E-state index in [0.29, 0.717) is 24.4 Å². The molecule has 13 heteroatoms. The molecule has 1 aromatic rings. The van der Waals surface area contributed by atoms with Crippen molar-refractivity contribution in [1.29, 1.82) is 0 Å². The van der Waals surface area contributed by atoms with E-state index in [-0.39, 0.29) is 31.8 Å². The number of halogens is 1. The summed E-state index contributed by atoms with van der Waals surface area (Å²) >= 11 is 6.32. The monoisotopic (exact) mass is 643 g/mol. The maximum Gasteiger partial charge on any atom is 0.410 e. The van der Waals surface area contributed by atoms with Crippen LogP contribution in [0.15, 0.2) is 30.4 Å². The first-order valence-electron chi connectivity index (χ1n) is 15.6. The Morgan fingerprint density at radius 2 is 1.91 bits per heavy atom. The van der Waals surface area contributed by atoms with Crippen LogP contribution in [-0.4, -0.2) is 80.6 Å². The molecular formula is C32H42ClN5O7. The predicted octanol–water partition coefficient (Wildman–Crippen LogP) is 3.71. The zero-order valence-corrected chi connectivity index (χ0v) is 26.7. The van der Waals surface area contributed by atoms with Crippen LogP contribution >= 0.6 is 11.6 Å². The second-order valence-electron chi connectivity index (χ2n) is 13.5. The van der Waals surface area contributed by atoms with E-state index in [2.05, 4.69) is 16.0 Å². The Hall–Kier alpha value is -3.80. The van der Waals surface area contributed by atoms with Crippen LogP contribution in [0.25, 0.3) is 0 Å². The summed E-state index contributed by atoms with van der Waals surface area (Å²) in [6, 6.07) is 2.93. The maximum atomic E-state index is 14.1. The molecule has 5 rings (SSSR count). The molecule has 12 nitrogen and oxygen atoms in total. The van der Waals surface area contributed by atoms with E-state index in [1.54, 1.807) is 6.07 Å². The number of carboxylic acid groups (broad SMARTS) is 1. The van der Waals surface area contributed by atoms with Gasteiger partial charge in [0.1, 0.15) is 23.7 Å². The summed E-state index contributed by atoms with van der Waals surface area (Å²) in [5, 5.41) is 18.9. The number of rotatable bonds is 3. The number of benzene rings is 1. The molecule has 4 aliphatic rings. The molecule has 3 aliphatic heterocycles. The fourth-order valence-electron chi connectivity index (χ4n) is 6.41. The van der Waals surface area contributed by atoms with Gasteiger partial charge in [-0.2, -0.15) is 0 Å². The number of aliphatic carboxylic acids is 1. The molecule has 0 radical (unpaired) electrons. The van der Waals surface area contributed by atoms with Crippen LogP contribution in [0.3, 0.4) is 0 Å². The van der Waals surface area contributed by atoms with Crippen molar-refractivity contribution in [2.45, 2.75) is 108 Å². The first-order chi connectivity index (χ1) is 21.3. The van der Waals surface area contributed by atoms with Crippen molar-refractivity contribution in [3.8, 4) is 0 Å². The summed E-state index contributed by atoms with van der Waals surface area (Å²) in [6.45, 7) is 6.00. The second kappa shape index (κ2) is 12.9. The minimum absolute atomic E-state index is 0.0119. The van der Waals surface area contributed by atoms with Crippen molar-refractivity contribution in [1.82, 2.24) is 25.8 Å². The van der Waals surface area contributed by atoms with E-state index in [4.69, 9.17) is 16.3 Å². The molecule has 1 unspecified atom stereocenters. The number of carboxylic acids is 1. The maximum absolute atomic E-state index is 14.1. The van der Waals surface area contributed by atoms with Gasteiger partial charge in [-0.25, -0.2) is 14.4 Å². The smallest absolute Gasteiger partial charge is 0.410 e. The zero-order valence-electron chi connectivity index (χ0n) is 25.9. The molecule has 1 aliphatic carbocycles. The van der Waals surface area contributed by atoms with E-state index < -0.39 is 59.2 Å². The van der Waals surface area contributed by atoms with Gasteiger partial charge in [-0.15, -0.1) is 0 Å². The van der Waals surface area contributed by atoms with Crippen molar-refractivity contribution in [3.63, 3.8) is 0 Å². The number of nitrogens with zero attached hydrogens (tertiary/aromatic N) is 2. The molecule has 2 fully saturated rings. The van der Waals surface area contributed by atoms with Crippen molar-refractivity contribution in [2.24, 2.45) is 5.92 Å². The number of ether oxygens (including phenoxy) is 1. The summed E-state index contributed by atoms with van der Waals surface area (Å²) in [7, 11) is 0. The normalized spacial score (nSPS) is 29.2. The average molecular weight is 644 g/mol. The van der Waals surface area contributed by atoms with Crippen LogP contribution in [0.1, 0.15) is 76.8 Å². The molecule has 0 aromatic heterocycles. The fourth-order valence-corrected chi connectivity index (χ4v) is 6.66. The van der Waals surface area contributed by atoms with Crippen molar-refractivity contribution < 1.29 is 33.8 Å². The van der Waals surface area contributed by atoms with Gasteiger partial charge < -0.3 is 30.7 Å². The number of nitrogens with one attached hydrogen (secondary N) is 3. The third-order valence-electron chi connectivity index (χ3n) is 8.87. The second-order valence-corrected chi connectivity index (χ2v) is 13.9. The van der Waals surface area contributed by atoms with Crippen LogP contribution in [0.4, 0.5) is 9.59 Å². The molecule has 244 valence electrons. The topological polar surface area (TPSA) is 157 Å². The highest BCUT2D eigenvalue weighted by Crippen LogP contribution is 2.45. The Morgan fingerprint density at radius 3 is 2.62 bits per heavy atom. The van der Waals surface area contributed by atoms with Crippen molar-refractivity contribution in [3.05, 3.63) is 46.5 Å². The highest BCUT2D eigenvalue weighted by atomic mass is 35.5. The molecular weight excluding hydrogens is 602 g/mol. The Morgan fingerprint density at radius 1 is 1.13 bits per heavy atom. The fraction of sp³-hybridized carbons (Fsp3) is 0.594. The summed E-state index contributed by atoms with van der Waals surface area (Å²) in [5.41, 5.74) is -0.232. The van der Waals surface area contributed by atoms with Crippen LogP contribution in [0.5, 0.6) is 0 Å². The number of carbonyl (C=O) groups is 5. The van der Waals surface area contributed by atoms with Crippen LogP contribution in [0, 0.1) is 5.92 Å². The molecule has 1 aromatic carbocycles. The molecule has 4 N–H and O–H groups in total. The molecule has 5 atom stereocenters. The van der Waals surface area contributed by atoms with Gasteiger partial charge in [0, 0.05) is 29.4 Å². The number of carbonyl (C=O) groups excluding carboxylic acids is 4. The average Bonchev–Trinajstić information content (AvgIpc) is 3.27. The van der Waals surface area contributed by atoms with E-state index in [0.717, 1.165) is 30.4 Å². The van der Waals surface area contributed by atoms with E-state index in [1.165, 1.54) is 9.80 Å². The van der Waals surface area contributed by atoms with Crippen LogP contribution in [0.2, 0.25) is 5.02 Å². The quantitative estimate of drug-likeness (QED) is 0.366. The molecule has 5 amide bonds. The lowest BCUT2D eigenvalue weighted by Gasteiger charge is -2.30. The van der Waals surface area contributed by atoms with E-state index in [1.807, 2.05) is 45.1 Å². The number of allylic oxidation sites excluding steroid dienone is 1. The van der Waals surface area contributed by atoms with Crippen LogP contribution in [-0.2, 0) is 32.2 Å². The lowest BCUT2D eigenvalue weighted by Crippen LogP contribution is -2.58. The van der Waals surface area contributed by atoms with Gasteiger partial charge in [0.25, 0.3) is 0 Å². The van der Waals surface area contributed by atoms with Gasteiger partial charge in [0.15, 0.2) is 0 Å². The Kier molecular flexibility index (Phi) is 9.34. The Bertz CT molecular complexity index is 1390. The predicted molar refractivity (Wildman–Crippen MR) is 165 cm³/mol. The van der Waals surface area contributed by atoms with Crippen molar-refractivity contribution >= 4 is 41.5 Å². The standard InChI is InChI=1S/C32H42ClN5O7/c1-31(2,3)36-29(43)34-24-13-8-6-4-5-7-11-20-15-32(20,28(41)42)35-26(39)25-14-21(17-38(25)27(24)40)45-30(44)37-16-19-10-9-12-23(33)22(19)18-37/h7,9-12,20-21,24-25H,4-6,8,13-18H2,1-3H3,(H,35,39)(H,41,42)(H2,34,36,43)/b11-7-/t20-,21-,24+,25?,32-/m1/s1. The lowest BCUT2D eigenvalue weighted by atomic mass is 10.0. The number of hydrogen-bond donors (Lipinski definition) is 4. The van der Waals surface area contributed by atoms with E-state index in [9.17, 15) is 29.1 Å². The number of fused-ring (bicyclic) bond motifs is 3. The highest BCUT2D eigenvalue weighted by Gasteiger charge is 2.61. The van der Waals surface area contributed by atoms with Gasteiger partial charge in [-0.1, -0.05) is 48.7 Å². The molecule has 0 spiro atoms. The van der Waals surface area contributed by atoms with Gasteiger partial charge in [0.2, 0.25) is 11.8 Å². The van der Waals surface area contributed by atoms with Gasteiger partial charge in [-0.05, 0) is 63.6 Å². The SMILES string of the molecule is CC(C)(C)NC(=O)N[C@H]1CCCCC/C=C\[C@@H]2C[C@@]2(C(=O)O)NC(=O)C2C[C@@H](OC(=O)N3Cc4cccc(Cl)c4C3)CN2C1=O. The largest absolute Gasteiger partial charge is 0.479 e.